The number of aliphatic imine (C=N–C) groups is 1. The molecule has 1 aromatic heterocycles. The number of aromatic nitrogens is 2. The number of hydrogen-bond donors (Lipinski definition) is 0. The summed E-state index contributed by atoms with van der Waals surface area (Å²) in [5.74, 6) is 0. The average molecular weight is 371 g/mol. The van der Waals surface area contributed by atoms with Crippen LogP contribution < -0.4 is 4.48 Å². The Morgan fingerprint density at radius 2 is 1.75 bits per heavy atom. The average Bonchev–Trinajstić information content (AvgIpc) is 3.39. The summed E-state index contributed by atoms with van der Waals surface area (Å²) in [6, 6.07) is 20.0. The highest BCUT2D eigenvalue weighted by Gasteiger charge is 2.48. The van der Waals surface area contributed by atoms with Crippen molar-refractivity contribution < 1.29 is 4.79 Å². The molecule has 3 aromatic rings. The summed E-state index contributed by atoms with van der Waals surface area (Å²) < 4.78 is 1.52. The van der Waals surface area contributed by atoms with E-state index in [1.165, 1.54) is 5.56 Å². The van der Waals surface area contributed by atoms with Crippen molar-refractivity contribution in [2.75, 3.05) is 0 Å². The van der Waals surface area contributed by atoms with Crippen LogP contribution in [0.2, 0.25) is 0 Å². The molecule has 0 radical (unpaired) electrons. The second-order valence-corrected chi connectivity index (χ2v) is 6.86. The number of amides is 1. The van der Waals surface area contributed by atoms with Crippen molar-refractivity contribution in [1.82, 2.24) is 14.0 Å². The van der Waals surface area contributed by atoms with E-state index >= 15 is 0 Å². The molecule has 140 valence electrons. The predicted octanol–water partition coefficient (Wildman–Crippen LogP) is 5.16. The topological polar surface area (TPSA) is 47.2 Å². The van der Waals surface area contributed by atoms with Gasteiger partial charge in [-0.25, -0.2) is 19.3 Å². The smallest absolute Gasteiger partial charge is 0.245 e. The molecule has 5 nitrogen and oxygen atoms in total. The molecule has 0 spiro atoms. The monoisotopic (exact) mass is 371 g/mol. The van der Waals surface area contributed by atoms with Crippen LogP contribution >= 0.6 is 0 Å². The van der Waals surface area contributed by atoms with Gasteiger partial charge in [0, 0.05) is 37.4 Å². The van der Waals surface area contributed by atoms with Crippen molar-refractivity contribution in [3.8, 4) is 0 Å². The zero-order chi connectivity index (χ0) is 19.4. The summed E-state index contributed by atoms with van der Waals surface area (Å²) in [5, 5.41) is 0. The van der Waals surface area contributed by atoms with E-state index in [1.54, 1.807) is 29.6 Å². The molecule has 28 heavy (non-hydrogen) atoms. The molecule has 4 rings (SSSR count). The molecule has 1 unspecified atom stereocenters. The maximum absolute atomic E-state index is 13.7. The molecule has 2 heterocycles. The first-order chi connectivity index (χ1) is 13.8. The fourth-order valence-electron chi connectivity index (χ4n) is 3.71. The van der Waals surface area contributed by atoms with Gasteiger partial charge in [0.25, 0.3) is 0 Å². The number of hydrogen-bond acceptors (Lipinski definition) is 3. The summed E-state index contributed by atoms with van der Waals surface area (Å²) in [6.45, 7) is 2.13. The van der Waals surface area contributed by atoms with Gasteiger partial charge in [0.05, 0.1) is 0 Å². The Labute approximate surface area is 164 Å². The van der Waals surface area contributed by atoms with Gasteiger partial charge in [-0.1, -0.05) is 55.5 Å². The summed E-state index contributed by atoms with van der Waals surface area (Å²) in [6.07, 6.45) is 9.08. The summed E-state index contributed by atoms with van der Waals surface area (Å²) in [4.78, 5) is 22.5. The summed E-state index contributed by atoms with van der Waals surface area (Å²) in [7, 11) is 0. The van der Waals surface area contributed by atoms with Crippen LogP contribution in [0.3, 0.4) is 0 Å². The van der Waals surface area contributed by atoms with Gasteiger partial charge in [0.1, 0.15) is 12.0 Å². The predicted molar refractivity (Wildman–Crippen MR) is 112 cm³/mol. The minimum atomic E-state index is -0.0982. The van der Waals surface area contributed by atoms with Gasteiger partial charge in [-0.15, -0.1) is 4.48 Å². The number of imidazole rings is 1. The van der Waals surface area contributed by atoms with Crippen molar-refractivity contribution in [1.29, 1.82) is 0 Å². The van der Waals surface area contributed by atoms with Crippen molar-refractivity contribution in [3.63, 3.8) is 0 Å². The lowest BCUT2D eigenvalue weighted by Gasteiger charge is -2.29. The molecule has 0 aliphatic carbocycles. The molecule has 0 bridgehead atoms. The Morgan fingerprint density at radius 1 is 1.04 bits per heavy atom. The van der Waals surface area contributed by atoms with E-state index in [0.717, 1.165) is 29.9 Å². The highest BCUT2D eigenvalue weighted by Crippen LogP contribution is 2.38. The van der Waals surface area contributed by atoms with Crippen LogP contribution in [0, 0.1) is 0 Å². The van der Waals surface area contributed by atoms with Crippen LogP contribution in [0.25, 0.3) is 0 Å². The third kappa shape index (κ3) is 3.10. The standard InChI is InChI=1S/C23H23N4O/c1-2-9-22-21(16-19-10-5-3-6-11-19)25-18-27(22,20-12-7-4-8-13-20)23(28)26-15-14-24-17-26/h3-8,10-15,17-18H,2,9,16H2,1H3/q+1. The van der Waals surface area contributed by atoms with E-state index in [-0.39, 0.29) is 10.5 Å². The highest BCUT2D eigenvalue weighted by molar-refractivity contribution is 6.06. The summed E-state index contributed by atoms with van der Waals surface area (Å²) >= 11 is 0. The maximum atomic E-state index is 13.7. The number of carbonyl (C=O) groups is 1. The zero-order valence-electron chi connectivity index (χ0n) is 15.9. The number of carbonyl (C=O) groups excluding carboxylic acids is 1. The van der Waals surface area contributed by atoms with Gasteiger partial charge in [-0.05, 0) is 12.0 Å². The SMILES string of the molecule is CCCC1=C(Cc2ccccc2)N=C[N+]1(C(=O)n1ccnc1)c1ccccc1. The number of allylic oxidation sites excluding steroid dienone is 2. The van der Waals surface area contributed by atoms with Gasteiger partial charge < -0.3 is 0 Å². The first kappa shape index (κ1) is 18.1. The first-order valence-corrected chi connectivity index (χ1v) is 9.54. The molecule has 1 aliphatic rings. The maximum Gasteiger partial charge on any atom is 0.444 e. The first-order valence-electron chi connectivity index (χ1n) is 9.54. The molecule has 0 N–H and O–H groups in total. The molecule has 0 saturated carbocycles. The third-order valence-electron chi connectivity index (χ3n) is 5.04. The molecular formula is C23H23N4O+. The lowest BCUT2D eigenvalue weighted by molar-refractivity contribution is 0.229. The van der Waals surface area contributed by atoms with E-state index in [4.69, 9.17) is 4.99 Å². The normalized spacial score (nSPS) is 18.6. The molecule has 1 amide bonds. The molecule has 2 aromatic carbocycles. The number of para-hydroxylation sites is 1. The number of benzene rings is 2. The van der Waals surface area contributed by atoms with Crippen LogP contribution in [0.5, 0.6) is 0 Å². The Bertz CT molecular complexity index is 1010. The molecule has 0 saturated heterocycles. The molecule has 1 atom stereocenters. The fraction of sp³-hybridized carbons (Fsp3) is 0.174. The van der Waals surface area contributed by atoms with Crippen LogP contribution in [0.4, 0.5) is 10.5 Å². The van der Waals surface area contributed by atoms with Gasteiger partial charge in [0.2, 0.25) is 6.34 Å². The van der Waals surface area contributed by atoms with Gasteiger partial charge in [0.15, 0.2) is 11.4 Å². The highest BCUT2D eigenvalue weighted by atomic mass is 16.2. The number of rotatable bonds is 5. The lowest BCUT2D eigenvalue weighted by atomic mass is 10.1. The van der Waals surface area contributed by atoms with Gasteiger partial charge in [-0.3, -0.25) is 0 Å². The third-order valence-corrected chi connectivity index (χ3v) is 5.04. The number of quaternary nitrogens is 1. The van der Waals surface area contributed by atoms with E-state index in [0.29, 0.717) is 6.42 Å². The molecule has 0 fully saturated rings. The Morgan fingerprint density at radius 3 is 2.39 bits per heavy atom. The quantitative estimate of drug-likeness (QED) is 0.582. The summed E-state index contributed by atoms with van der Waals surface area (Å²) in [5.41, 5.74) is 4.06. The van der Waals surface area contributed by atoms with Crippen LogP contribution in [0.1, 0.15) is 25.3 Å². The van der Waals surface area contributed by atoms with Gasteiger partial charge in [-0.2, -0.15) is 0 Å². The second kappa shape index (κ2) is 7.74. The van der Waals surface area contributed by atoms with Crippen molar-refractivity contribution in [2.45, 2.75) is 26.2 Å². The Balaban J connectivity index is 1.87. The Hall–Kier alpha value is -3.31. The fourth-order valence-corrected chi connectivity index (χ4v) is 3.71. The van der Waals surface area contributed by atoms with Crippen LogP contribution in [0.15, 0.2) is 95.8 Å². The number of nitrogens with zero attached hydrogens (tertiary/aromatic N) is 4. The lowest BCUT2D eigenvalue weighted by Crippen LogP contribution is -2.52. The molecule has 1 aliphatic heterocycles. The largest absolute Gasteiger partial charge is 0.444 e. The van der Waals surface area contributed by atoms with Gasteiger partial charge >= 0.3 is 6.03 Å². The molecular weight excluding hydrogens is 348 g/mol. The van der Waals surface area contributed by atoms with Crippen LogP contribution in [-0.2, 0) is 6.42 Å². The van der Waals surface area contributed by atoms with Crippen LogP contribution in [-0.4, -0.2) is 21.9 Å². The second-order valence-electron chi connectivity index (χ2n) is 6.86. The Kier molecular flexibility index (Phi) is 5.00. The van der Waals surface area contributed by atoms with E-state index < -0.39 is 0 Å². The van der Waals surface area contributed by atoms with Crippen molar-refractivity contribution in [3.05, 3.63) is 96.3 Å². The van der Waals surface area contributed by atoms with Crippen molar-refractivity contribution in [2.24, 2.45) is 4.99 Å². The minimum Gasteiger partial charge on any atom is -0.245 e. The van der Waals surface area contributed by atoms with E-state index in [2.05, 4.69) is 24.0 Å². The van der Waals surface area contributed by atoms with Crippen molar-refractivity contribution >= 4 is 18.1 Å². The van der Waals surface area contributed by atoms with E-state index in [1.807, 2.05) is 48.5 Å². The molecule has 5 heteroatoms. The van der Waals surface area contributed by atoms with E-state index in [9.17, 15) is 4.79 Å². The zero-order valence-corrected chi connectivity index (χ0v) is 15.9. The minimum absolute atomic E-state index is 0.0206.